The summed E-state index contributed by atoms with van der Waals surface area (Å²) in [7, 11) is 0. The van der Waals surface area contributed by atoms with Crippen LogP contribution in [0.5, 0.6) is 0 Å². The molecule has 0 spiro atoms. The van der Waals surface area contributed by atoms with Crippen LogP contribution >= 0.6 is 0 Å². The second-order valence-corrected chi connectivity index (χ2v) is 6.13. The van der Waals surface area contributed by atoms with Crippen LogP contribution in [-0.4, -0.2) is 9.97 Å². The van der Waals surface area contributed by atoms with Gasteiger partial charge in [-0.15, -0.1) is 0 Å². The summed E-state index contributed by atoms with van der Waals surface area (Å²) >= 11 is 0. The van der Waals surface area contributed by atoms with Crippen LogP contribution in [0.4, 0.5) is 14.5 Å². The van der Waals surface area contributed by atoms with E-state index in [1.807, 2.05) is 30.9 Å². The molecule has 0 bridgehead atoms. The van der Waals surface area contributed by atoms with E-state index in [9.17, 15) is 8.78 Å². The van der Waals surface area contributed by atoms with E-state index in [1.54, 1.807) is 18.3 Å². The SMILES string of the molecule is C=Cc1cc(N2C(=C)C=C(OCc3ncc(F)cc3F)C=C2C)c(C)cn1. The predicted molar refractivity (Wildman–Crippen MR) is 101 cm³/mol. The minimum atomic E-state index is -0.739. The molecule has 1 aliphatic rings. The first-order valence-electron chi connectivity index (χ1n) is 8.30. The molecule has 0 unspecified atom stereocenters. The second kappa shape index (κ2) is 7.53. The van der Waals surface area contributed by atoms with Crippen molar-refractivity contribution >= 4 is 11.8 Å². The number of aromatic nitrogens is 2. The monoisotopic (exact) mass is 367 g/mol. The molecule has 0 saturated carbocycles. The van der Waals surface area contributed by atoms with Gasteiger partial charge in [-0.2, -0.15) is 0 Å². The summed E-state index contributed by atoms with van der Waals surface area (Å²) in [5.41, 5.74) is 4.32. The van der Waals surface area contributed by atoms with Gasteiger partial charge < -0.3 is 9.64 Å². The molecule has 2 aromatic rings. The van der Waals surface area contributed by atoms with Gasteiger partial charge in [0.1, 0.15) is 23.9 Å². The molecule has 0 saturated heterocycles. The van der Waals surface area contributed by atoms with Crippen LogP contribution in [0.25, 0.3) is 6.08 Å². The highest BCUT2D eigenvalue weighted by Gasteiger charge is 2.19. The van der Waals surface area contributed by atoms with E-state index in [0.717, 1.165) is 34.9 Å². The van der Waals surface area contributed by atoms with Gasteiger partial charge in [0, 0.05) is 29.7 Å². The van der Waals surface area contributed by atoms with Crippen LogP contribution in [0.15, 0.2) is 67.0 Å². The Hall–Kier alpha value is -3.28. The molecule has 2 aromatic heterocycles. The molecule has 138 valence electrons. The van der Waals surface area contributed by atoms with Gasteiger partial charge >= 0.3 is 0 Å². The Bertz CT molecular complexity index is 979. The lowest BCUT2D eigenvalue weighted by Gasteiger charge is -2.31. The van der Waals surface area contributed by atoms with Gasteiger partial charge in [-0.1, -0.05) is 13.2 Å². The molecule has 0 aromatic carbocycles. The first-order chi connectivity index (χ1) is 12.9. The molecule has 0 aliphatic carbocycles. The molecule has 3 rings (SSSR count). The van der Waals surface area contributed by atoms with E-state index in [1.165, 1.54) is 0 Å². The van der Waals surface area contributed by atoms with Crippen molar-refractivity contribution < 1.29 is 13.5 Å². The average molecular weight is 367 g/mol. The summed E-state index contributed by atoms with van der Waals surface area (Å²) in [4.78, 5) is 9.99. The highest BCUT2D eigenvalue weighted by atomic mass is 19.1. The number of allylic oxidation sites excluding steroid dienone is 3. The van der Waals surface area contributed by atoms with Gasteiger partial charge in [-0.3, -0.25) is 9.97 Å². The molecule has 0 fully saturated rings. The molecule has 3 heterocycles. The summed E-state index contributed by atoms with van der Waals surface area (Å²) < 4.78 is 32.3. The summed E-state index contributed by atoms with van der Waals surface area (Å²) in [5.74, 6) is -0.939. The lowest BCUT2D eigenvalue weighted by Crippen LogP contribution is -2.23. The van der Waals surface area contributed by atoms with Gasteiger partial charge in [-0.05, 0) is 37.6 Å². The summed E-state index contributed by atoms with van der Waals surface area (Å²) in [6.07, 6.45) is 8.00. The van der Waals surface area contributed by atoms with Gasteiger partial charge in [0.2, 0.25) is 0 Å². The molecule has 27 heavy (non-hydrogen) atoms. The van der Waals surface area contributed by atoms with Crippen LogP contribution in [0.2, 0.25) is 0 Å². The summed E-state index contributed by atoms with van der Waals surface area (Å²) in [6.45, 7) is 11.6. The van der Waals surface area contributed by atoms with Gasteiger partial charge in [0.15, 0.2) is 5.82 Å². The number of anilines is 1. The third kappa shape index (κ3) is 3.95. The van der Waals surface area contributed by atoms with E-state index in [0.29, 0.717) is 11.5 Å². The van der Waals surface area contributed by atoms with Crippen LogP contribution in [0, 0.1) is 18.6 Å². The summed E-state index contributed by atoms with van der Waals surface area (Å²) in [5, 5.41) is 0. The number of aryl methyl sites for hydroxylation is 1. The van der Waals surface area contributed by atoms with Crippen LogP contribution in [-0.2, 0) is 11.3 Å². The van der Waals surface area contributed by atoms with Crippen molar-refractivity contribution in [1.82, 2.24) is 9.97 Å². The topological polar surface area (TPSA) is 38.2 Å². The zero-order chi connectivity index (χ0) is 19.6. The van der Waals surface area contributed by atoms with E-state index < -0.39 is 11.6 Å². The van der Waals surface area contributed by atoms with Crippen LogP contribution in [0.3, 0.4) is 0 Å². The van der Waals surface area contributed by atoms with Gasteiger partial charge in [-0.25, -0.2) is 8.78 Å². The average Bonchev–Trinajstić information content (AvgIpc) is 2.62. The van der Waals surface area contributed by atoms with Crippen molar-refractivity contribution in [2.45, 2.75) is 20.5 Å². The van der Waals surface area contributed by atoms with Gasteiger partial charge in [0.05, 0.1) is 17.6 Å². The van der Waals surface area contributed by atoms with E-state index in [4.69, 9.17) is 4.74 Å². The van der Waals surface area contributed by atoms with Crippen molar-refractivity contribution in [2.75, 3.05) is 4.90 Å². The van der Waals surface area contributed by atoms with Crippen molar-refractivity contribution in [3.8, 4) is 0 Å². The normalized spacial score (nSPS) is 13.9. The standard InChI is InChI=1S/C21H19F2N3O/c1-5-17-9-21(13(2)10-24-17)26-14(3)6-18(7-15(26)4)27-12-20-19(23)8-16(22)11-25-20/h5-11H,1,3,12H2,2,4H3. The smallest absolute Gasteiger partial charge is 0.151 e. The minimum absolute atomic E-state index is 0.0389. The van der Waals surface area contributed by atoms with E-state index in [2.05, 4.69) is 23.1 Å². The first kappa shape index (κ1) is 18.5. The Balaban J connectivity index is 1.80. The van der Waals surface area contributed by atoms with Crippen molar-refractivity contribution in [2.24, 2.45) is 0 Å². The maximum atomic E-state index is 13.7. The quantitative estimate of drug-likeness (QED) is 0.742. The maximum Gasteiger partial charge on any atom is 0.151 e. The van der Waals surface area contributed by atoms with Crippen molar-refractivity contribution in [1.29, 1.82) is 0 Å². The minimum Gasteiger partial charge on any atom is -0.487 e. The summed E-state index contributed by atoms with van der Waals surface area (Å²) in [6, 6.07) is 2.72. The molecule has 1 aliphatic heterocycles. The molecule has 0 N–H and O–H groups in total. The molecule has 4 nitrogen and oxygen atoms in total. The second-order valence-electron chi connectivity index (χ2n) is 6.13. The molecule has 0 amide bonds. The lowest BCUT2D eigenvalue weighted by atomic mass is 10.1. The van der Waals surface area contributed by atoms with E-state index >= 15 is 0 Å². The fraction of sp³-hybridized carbons (Fsp3) is 0.143. The lowest BCUT2D eigenvalue weighted by molar-refractivity contribution is 0.201. The van der Waals surface area contributed by atoms with Crippen molar-refractivity contribution in [3.05, 3.63) is 95.6 Å². The molecular formula is C21H19F2N3O. The number of ether oxygens (including phenoxy) is 1. The zero-order valence-corrected chi connectivity index (χ0v) is 15.2. The Morgan fingerprint density at radius 2 is 1.93 bits per heavy atom. The Morgan fingerprint density at radius 1 is 1.15 bits per heavy atom. The number of halogens is 2. The highest BCUT2D eigenvalue weighted by Crippen LogP contribution is 2.32. The fourth-order valence-electron chi connectivity index (χ4n) is 2.78. The molecule has 0 radical (unpaired) electrons. The maximum absolute atomic E-state index is 13.7. The number of pyridine rings is 2. The third-order valence-corrected chi connectivity index (χ3v) is 4.11. The predicted octanol–water partition coefficient (Wildman–Crippen LogP) is 5.04. The highest BCUT2D eigenvalue weighted by molar-refractivity contribution is 5.68. The zero-order valence-electron chi connectivity index (χ0n) is 15.2. The van der Waals surface area contributed by atoms with E-state index in [-0.39, 0.29) is 12.3 Å². The largest absolute Gasteiger partial charge is 0.487 e. The Labute approximate surface area is 156 Å². The first-order valence-corrected chi connectivity index (χ1v) is 8.30. The van der Waals surface area contributed by atoms with Gasteiger partial charge in [0.25, 0.3) is 0 Å². The molecule has 6 heteroatoms. The number of rotatable bonds is 5. The molecular weight excluding hydrogens is 348 g/mol. The van der Waals surface area contributed by atoms with Crippen LogP contribution in [0.1, 0.15) is 23.9 Å². The van der Waals surface area contributed by atoms with Crippen LogP contribution < -0.4 is 4.90 Å². The fourth-order valence-corrected chi connectivity index (χ4v) is 2.78. The number of hydrogen-bond donors (Lipinski definition) is 0. The number of nitrogens with zero attached hydrogens (tertiary/aromatic N) is 3. The Morgan fingerprint density at radius 3 is 2.59 bits per heavy atom. The Kier molecular flexibility index (Phi) is 5.16. The van der Waals surface area contributed by atoms with Crippen molar-refractivity contribution in [3.63, 3.8) is 0 Å². The third-order valence-electron chi connectivity index (χ3n) is 4.11. The number of hydrogen-bond acceptors (Lipinski definition) is 4. The molecule has 0 atom stereocenters.